The number of aromatic nitrogens is 2. The Labute approximate surface area is 179 Å². The minimum atomic E-state index is -3.47. The maximum Gasteiger partial charge on any atom is 0.257 e. The predicted octanol–water partition coefficient (Wildman–Crippen LogP) is 3.86. The van der Waals surface area contributed by atoms with Crippen molar-refractivity contribution in [2.45, 2.75) is 13.8 Å². The number of benzene rings is 1. The van der Waals surface area contributed by atoms with Crippen molar-refractivity contribution in [3.63, 3.8) is 0 Å². The number of ether oxygens (including phenoxy) is 1. The van der Waals surface area contributed by atoms with E-state index in [1.54, 1.807) is 29.1 Å². The molecule has 158 valence electrons. The molecule has 1 aromatic carbocycles. The molecule has 0 aliphatic rings. The molecule has 8 nitrogen and oxygen atoms in total. The zero-order chi connectivity index (χ0) is 21.9. The Bertz CT molecular complexity index is 1170. The van der Waals surface area contributed by atoms with Crippen LogP contribution in [-0.4, -0.2) is 36.7 Å². The lowest BCUT2D eigenvalue weighted by Crippen LogP contribution is -2.13. The number of hydrogen-bond donors (Lipinski definition) is 2. The number of sulfonamides is 1. The van der Waals surface area contributed by atoms with Gasteiger partial charge in [-0.3, -0.25) is 9.52 Å². The van der Waals surface area contributed by atoms with E-state index in [0.717, 1.165) is 11.9 Å². The Kier molecular flexibility index (Phi) is 6.33. The smallest absolute Gasteiger partial charge is 0.257 e. The van der Waals surface area contributed by atoms with Gasteiger partial charge in [0, 0.05) is 22.6 Å². The summed E-state index contributed by atoms with van der Waals surface area (Å²) >= 11 is 6.04. The third-order valence-electron chi connectivity index (χ3n) is 4.01. The van der Waals surface area contributed by atoms with E-state index in [1.807, 2.05) is 19.9 Å². The SMILES string of the molecule is CCOc1ccc(-n2cc(C(=O)Nc3cc(Cl)cc(NS(C)(=O)=O)c3)cc2C)nc1. The quantitative estimate of drug-likeness (QED) is 0.571. The van der Waals surface area contributed by atoms with Crippen LogP contribution < -0.4 is 14.8 Å². The molecule has 30 heavy (non-hydrogen) atoms. The van der Waals surface area contributed by atoms with Crippen LogP contribution in [0.2, 0.25) is 5.02 Å². The van der Waals surface area contributed by atoms with Crippen LogP contribution in [0.15, 0.2) is 48.8 Å². The summed E-state index contributed by atoms with van der Waals surface area (Å²) in [5, 5.41) is 3.01. The minimum absolute atomic E-state index is 0.257. The molecule has 3 rings (SSSR count). The fourth-order valence-corrected chi connectivity index (χ4v) is 3.63. The van der Waals surface area contributed by atoms with Crippen LogP contribution in [0.3, 0.4) is 0 Å². The summed E-state index contributed by atoms with van der Waals surface area (Å²) in [6, 6.07) is 9.82. The molecule has 0 fully saturated rings. The molecule has 0 atom stereocenters. The molecule has 10 heteroatoms. The standard InChI is InChI=1S/C20H21ClN4O4S/c1-4-29-18-5-6-19(22-11-18)25-12-14(7-13(25)2)20(26)23-16-8-15(21)9-17(10-16)24-30(3,27)28/h5-12,24H,4H2,1-3H3,(H,23,26). The van der Waals surface area contributed by atoms with Gasteiger partial charge in [0.2, 0.25) is 10.0 Å². The molecule has 0 radical (unpaired) electrons. The number of carbonyl (C=O) groups is 1. The summed E-state index contributed by atoms with van der Waals surface area (Å²) in [4.78, 5) is 17.1. The van der Waals surface area contributed by atoms with Gasteiger partial charge in [0.15, 0.2) is 0 Å². The number of hydrogen-bond acceptors (Lipinski definition) is 5. The fourth-order valence-electron chi connectivity index (χ4n) is 2.85. The number of rotatable bonds is 7. The molecule has 2 N–H and O–H groups in total. The van der Waals surface area contributed by atoms with Crippen LogP contribution in [0.5, 0.6) is 5.75 Å². The first-order chi connectivity index (χ1) is 14.1. The Morgan fingerprint density at radius 3 is 2.57 bits per heavy atom. The van der Waals surface area contributed by atoms with Crippen molar-refractivity contribution in [1.29, 1.82) is 0 Å². The number of nitrogens with zero attached hydrogens (tertiary/aromatic N) is 2. The molecule has 0 spiro atoms. The van der Waals surface area contributed by atoms with E-state index in [1.165, 1.54) is 18.2 Å². The molecule has 0 saturated carbocycles. The van der Waals surface area contributed by atoms with E-state index >= 15 is 0 Å². The molecule has 2 heterocycles. The number of pyridine rings is 1. The largest absolute Gasteiger partial charge is 0.492 e. The summed E-state index contributed by atoms with van der Waals surface area (Å²) in [6.45, 7) is 4.32. The molecule has 0 saturated heterocycles. The first kappa shape index (κ1) is 21.7. The third-order valence-corrected chi connectivity index (χ3v) is 4.84. The number of anilines is 2. The lowest BCUT2D eigenvalue weighted by Gasteiger charge is -2.09. The van der Waals surface area contributed by atoms with Gasteiger partial charge in [-0.25, -0.2) is 13.4 Å². The summed E-state index contributed by atoms with van der Waals surface area (Å²) in [7, 11) is -3.47. The zero-order valence-corrected chi connectivity index (χ0v) is 18.2. The normalized spacial score (nSPS) is 11.2. The van der Waals surface area contributed by atoms with Crippen molar-refractivity contribution < 1.29 is 17.9 Å². The average Bonchev–Trinajstić information content (AvgIpc) is 3.02. The molecular weight excluding hydrogens is 428 g/mol. The second-order valence-corrected chi connectivity index (χ2v) is 8.77. The monoisotopic (exact) mass is 448 g/mol. The molecule has 0 bridgehead atoms. The van der Waals surface area contributed by atoms with Gasteiger partial charge in [-0.05, 0) is 50.2 Å². The van der Waals surface area contributed by atoms with Gasteiger partial charge in [-0.2, -0.15) is 0 Å². The van der Waals surface area contributed by atoms with Crippen LogP contribution in [0.25, 0.3) is 5.82 Å². The van der Waals surface area contributed by atoms with E-state index in [0.29, 0.717) is 29.4 Å². The lowest BCUT2D eigenvalue weighted by atomic mass is 10.2. The molecule has 0 aliphatic carbocycles. The van der Waals surface area contributed by atoms with E-state index < -0.39 is 10.0 Å². The maximum absolute atomic E-state index is 12.7. The van der Waals surface area contributed by atoms with Crippen molar-refractivity contribution in [2.24, 2.45) is 0 Å². The Morgan fingerprint density at radius 2 is 1.93 bits per heavy atom. The number of nitrogens with one attached hydrogen (secondary N) is 2. The Hall–Kier alpha value is -3.04. The highest BCUT2D eigenvalue weighted by molar-refractivity contribution is 7.92. The van der Waals surface area contributed by atoms with E-state index in [9.17, 15) is 13.2 Å². The molecule has 2 aromatic heterocycles. The third kappa shape index (κ3) is 5.52. The molecular formula is C20H21ClN4O4S. The number of aryl methyl sites for hydroxylation is 1. The molecule has 0 aliphatic heterocycles. The van der Waals surface area contributed by atoms with E-state index in [4.69, 9.17) is 16.3 Å². The van der Waals surface area contributed by atoms with Crippen molar-refractivity contribution in [2.75, 3.05) is 22.9 Å². The predicted molar refractivity (Wildman–Crippen MR) is 117 cm³/mol. The Morgan fingerprint density at radius 1 is 1.20 bits per heavy atom. The lowest BCUT2D eigenvalue weighted by molar-refractivity contribution is 0.102. The fraction of sp³-hybridized carbons (Fsp3) is 0.200. The van der Waals surface area contributed by atoms with Gasteiger partial charge >= 0.3 is 0 Å². The summed E-state index contributed by atoms with van der Waals surface area (Å²) < 4.78 is 32.4. The Balaban J connectivity index is 1.81. The van der Waals surface area contributed by atoms with E-state index in [-0.39, 0.29) is 16.6 Å². The number of amides is 1. The first-order valence-corrected chi connectivity index (χ1v) is 11.3. The topological polar surface area (TPSA) is 102 Å². The van der Waals surface area contributed by atoms with Gasteiger partial charge < -0.3 is 14.6 Å². The van der Waals surface area contributed by atoms with Gasteiger partial charge in [0.05, 0.1) is 30.3 Å². The minimum Gasteiger partial charge on any atom is -0.492 e. The number of carbonyl (C=O) groups excluding carboxylic acids is 1. The summed E-state index contributed by atoms with van der Waals surface area (Å²) in [5.41, 5.74) is 1.86. The maximum atomic E-state index is 12.7. The van der Waals surface area contributed by atoms with Crippen LogP contribution in [-0.2, 0) is 10.0 Å². The van der Waals surface area contributed by atoms with E-state index in [2.05, 4.69) is 15.0 Å². The summed E-state index contributed by atoms with van der Waals surface area (Å²) in [6.07, 6.45) is 4.33. The van der Waals surface area contributed by atoms with Crippen LogP contribution in [0.4, 0.5) is 11.4 Å². The van der Waals surface area contributed by atoms with Crippen molar-refractivity contribution in [3.05, 3.63) is 65.1 Å². The molecule has 3 aromatic rings. The summed E-state index contributed by atoms with van der Waals surface area (Å²) in [5.74, 6) is 0.955. The highest BCUT2D eigenvalue weighted by atomic mass is 35.5. The highest BCUT2D eigenvalue weighted by Crippen LogP contribution is 2.24. The van der Waals surface area contributed by atoms with Gasteiger partial charge in [-0.15, -0.1) is 0 Å². The van der Waals surface area contributed by atoms with Gasteiger partial charge in [0.1, 0.15) is 11.6 Å². The molecule has 1 amide bonds. The highest BCUT2D eigenvalue weighted by Gasteiger charge is 2.14. The average molecular weight is 449 g/mol. The van der Waals surface area contributed by atoms with Crippen molar-refractivity contribution >= 4 is 38.9 Å². The first-order valence-electron chi connectivity index (χ1n) is 9.02. The molecule has 0 unspecified atom stereocenters. The van der Waals surface area contributed by atoms with Crippen molar-refractivity contribution in [1.82, 2.24) is 9.55 Å². The number of halogens is 1. The van der Waals surface area contributed by atoms with Crippen LogP contribution in [0, 0.1) is 6.92 Å². The van der Waals surface area contributed by atoms with Crippen LogP contribution in [0.1, 0.15) is 23.0 Å². The second-order valence-electron chi connectivity index (χ2n) is 6.58. The van der Waals surface area contributed by atoms with Crippen LogP contribution >= 0.6 is 11.6 Å². The van der Waals surface area contributed by atoms with Gasteiger partial charge in [0.25, 0.3) is 5.91 Å². The zero-order valence-electron chi connectivity index (χ0n) is 16.6. The van der Waals surface area contributed by atoms with Gasteiger partial charge in [-0.1, -0.05) is 11.6 Å². The second kappa shape index (κ2) is 8.76. The van der Waals surface area contributed by atoms with Crippen molar-refractivity contribution in [3.8, 4) is 11.6 Å².